The second-order valence-electron chi connectivity index (χ2n) is 7.36. The molecule has 4 rings (SSSR count). The number of nitrogens with one attached hydrogen (secondary N) is 1. The summed E-state index contributed by atoms with van der Waals surface area (Å²) in [7, 11) is 1.33. The Kier molecular flexibility index (Phi) is 5.24. The first kappa shape index (κ1) is 19.4. The Morgan fingerprint density at radius 3 is 2.45 bits per heavy atom. The SMILES string of the molecule is COC(=O)c1ccc([C@@H]2CC(=O)NC3=C2C(=O)C[C@H](c2ccccc2Cl)C3)cc1. The molecule has 1 amide bonds. The Labute approximate surface area is 173 Å². The Morgan fingerprint density at radius 2 is 1.76 bits per heavy atom. The van der Waals surface area contributed by atoms with Crippen molar-refractivity contribution in [2.24, 2.45) is 0 Å². The molecular formula is C23H20ClNO4. The van der Waals surface area contributed by atoms with E-state index >= 15 is 0 Å². The summed E-state index contributed by atoms with van der Waals surface area (Å²) in [5, 5.41) is 3.54. The summed E-state index contributed by atoms with van der Waals surface area (Å²) in [5.74, 6) is -0.883. The molecule has 0 bridgehead atoms. The lowest BCUT2D eigenvalue weighted by atomic mass is 9.73. The third-order valence-electron chi connectivity index (χ3n) is 5.62. The summed E-state index contributed by atoms with van der Waals surface area (Å²) in [5.41, 5.74) is 3.54. The molecule has 0 fully saturated rings. The lowest BCUT2D eigenvalue weighted by Crippen LogP contribution is -2.38. The van der Waals surface area contributed by atoms with Gasteiger partial charge in [-0.2, -0.15) is 0 Å². The van der Waals surface area contributed by atoms with Crippen LogP contribution < -0.4 is 5.32 Å². The average molecular weight is 410 g/mol. The van der Waals surface area contributed by atoms with Crippen molar-refractivity contribution in [2.75, 3.05) is 7.11 Å². The van der Waals surface area contributed by atoms with Crippen molar-refractivity contribution in [2.45, 2.75) is 31.1 Å². The fourth-order valence-corrected chi connectivity index (χ4v) is 4.53. The van der Waals surface area contributed by atoms with E-state index in [1.165, 1.54) is 7.11 Å². The number of ether oxygens (including phenoxy) is 1. The fourth-order valence-electron chi connectivity index (χ4n) is 4.24. The molecule has 6 heteroatoms. The predicted octanol–water partition coefficient (Wildman–Crippen LogP) is 4.13. The quantitative estimate of drug-likeness (QED) is 0.773. The summed E-state index contributed by atoms with van der Waals surface area (Å²) in [6, 6.07) is 14.4. The van der Waals surface area contributed by atoms with E-state index < -0.39 is 5.97 Å². The average Bonchev–Trinajstić information content (AvgIpc) is 2.72. The molecule has 0 saturated carbocycles. The van der Waals surface area contributed by atoms with E-state index in [4.69, 9.17) is 16.3 Å². The van der Waals surface area contributed by atoms with Gasteiger partial charge in [0, 0.05) is 35.1 Å². The number of halogens is 1. The maximum absolute atomic E-state index is 13.1. The van der Waals surface area contributed by atoms with Gasteiger partial charge in [0.15, 0.2) is 5.78 Å². The van der Waals surface area contributed by atoms with Crippen LogP contribution in [0.5, 0.6) is 0 Å². The highest BCUT2D eigenvalue weighted by Gasteiger charge is 2.38. The monoisotopic (exact) mass is 409 g/mol. The van der Waals surface area contributed by atoms with Gasteiger partial charge in [0.1, 0.15) is 0 Å². The van der Waals surface area contributed by atoms with Gasteiger partial charge in [0.25, 0.3) is 0 Å². The number of benzene rings is 2. The number of hydrogen-bond donors (Lipinski definition) is 1. The molecule has 2 atom stereocenters. The number of amides is 1. The second-order valence-corrected chi connectivity index (χ2v) is 7.77. The maximum atomic E-state index is 13.1. The molecule has 1 N–H and O–H groups in total. The van der Waals surface area contributed by atoms with Crippen LogP contribution in [0.4, 0.5) is 0 Å². The molecule has 0 unspecified atom stereocenters. The van der Waals surface area contributed by atoms with Crippen molar-refractivity contribution in [3.05, 3.63) is 81.5 Å². The first-order chi connectivity index (χ1) is 14.0. The highest BCUT2D eigenvalue weighted by molar-refractivity contribution is 6.31. The van der Waals surface area contributed by atoms with Crippen molar-refractivity contribution >= 4 is 29.3 Å². The van der Waals surface area contributed by atoms with Crippen LogP contribution in [0, 0.1) is 0 Å². The molecule has 29 heavy (non-hydrogen) atoms. The van der Waals surface area contributed by atoms with Crippen LogP contribution in [-0.2, 0) is 14.3 Å². The van der Waals surface area contributed by atoms with Crippen molar-refractivity contribution < 1.29 is 19.1 Å². The summed E-state index contributed by atoms with van der Waals surface area (Å²) < 4.78 is 4.73. The standard InChI is InChI=1S/C23H20ClNO4/c1-29-23(28)14-8-6-13(7-9-14)17-12-21(27)25-19-10-15(11-20(26)22(17)19)16-4-2-3-5-18(16)24/h2-9,15,17H,10-12H2,1H3,(H,25,27)/t15-,17+/m1/s1. The normalized spacial score (nSPS) is 21.4. The second kappa shape index (κ2) is 7.84. The molecule has 0 aromatic heterocycles. The third kappa shape index (κ3) is 3.70. The molecule has 0 saturated heterocycles. The number of esters is 1. The number of rotatable bonds is 3. The van der Waals surface area contributed by atoms with Gasteiger partial charge in [-0.25, -0.2) is 4.79 Å². The first-order valence-corrected chi connectivity index (χ1v) is 9.84. The fraction of sp³-hybridized carbons (Fsp3) is 0.261. The van der Waals surface area contributed by atoms with Crippen molar-refractivity contribution in [3.63, 3.8) is 0 Å². The Hall–Kier alpha value is -2.92. The van der Waals surface area contributed by atoms with Gasteiger partial charge in [0.2, 0.25) is 5.91 Å². The minimum atomic E-state index is -0.422. The summed E-state index contributed by atoms with van der Waals surface area (Å²) in [4.78, 5) is 37.2. The van der Waals surface area contributed by atoms with Gasteiger partial charge in [0.05, 0.1) is 12.7 Å². The van der Waals surface area contributed by atoms with E-state index in [1.807, 2.05) is 24.3 Å². The summed E-state index contributed by atoms with van der Waals surface area (Å²) >= 11 is 6.33. The predicted molar refractivity (Wildman–Crippen MR) is 109 cm³/mol. The van der Waals surface area contributed by atoms with Crippen LogP contribution in [0.25, 0.3) is 0 Å². The van der Waals surface area contributed by atoms with Crippen LogP contribution in [0.3, 0.4) is 0 Å². The lowest BCUT2D eigenvalue weighted by Gasteiger charge is -2.34. The number of hydrogen-bond acceptors (Lipinski definition) is 4. The Bertz CT molecular complexity index is 1030. The smallest absolute Gasteiger partial charge is 0.337 e. The van der Waals surface area contributed by atoms with Crippen molar-refractivity contribution in [1.29, 1.82) is 0 Å². The van der Waals surface area contributed by atoms with Crippen LogP contribution in [0.1, 0.15) is 52.6 Å². The van der Waals surface area contributed by atoms with E-state index in [0.717, 1.165) is 11.1 Å². The first-order valence-electron chi connectivity index (χ1n) is 9.46. The van der Waals surface area contributed by atoms with Crippen molar-refractivity contribution in [3.8, 4) is 0 Å². The Balaban J connectivity index is 1.68. The van der Waals surface area contributed by atoms with Gasteiger partial charge in [-0.1, -0.05) is 41.9 Å². The molecule has 0 spiro atoms. The Morgan fingerprint density at radius 1 is 1.03 bits per heavy atom. The molecule has 0 radical (unpaired) electrons. The van der Waals surface area contributed by atoms with Gasteiger partial charge < -0.3 is 10.1 Å². The molecule has 148 valence electrons. The van der Waals surface area contributed by atoms with Crippen LogP contribution in [0.2, 0.25) is 5.02 Å². The van der Waals surface area contributed by atoms with E-state index in [2.05, 4.69) is 5.32 Å². The summed E-state index contributed by atoms with van der Waals surface area (Å²) in [6.45, 7) is 0. The molecule has 2 aromatic rings. The molecule has 1 heterocycles. The molecule has 1 aliphatic carbocycles. The zero-order chi connectivity index (χ0) is 20.5. The highest BCUT2D eigenvalue weighted by atomic mass is 35.5. The minimum absolute atomic E-state index is 0.0261. The van der Waals surface area contributed by atoms with Gasteiger partial charge >= 0.3 is 5.97 Å². The largest absolute Gasteiger partial charge is 0.465 e. The van der Waals surface area contributed by atoms with E-state index in [0.29, 0.717) is 34.7 Å². The van der Waals surface area contributed by atoms with Gasteiger partial charge in [-0.05, 0) is 41.7 Å². The van der Waals surface area contributed by atoms with Crippen LogP contribution >= 0.6 is 11.6 Å². The van der Waals surface area contributed by atoms with E-state index in [9.17, 15) is 14.4 Å². The highest BCUT2D eigenvalue weighted by Crippen LogP contribution is 2.43. The lowest BCUT2D eigenvalue weighted by molar-refractivity contribution is -0.122. The molecule has 2 aromatic carbocycles. The molecule has 5 nitrogen and oxygen atoms in total. The number of carbonyl (C=O) groups is 3. The van der Waals surface area contributed by atoms with Crippen molar-refractivity contribution in [1.82, 2.24) is 5.32 Å². The number of carbonyl (C=O) groups excluding carboxylic acids is 3. The molecule has 2 aliphatic rings. The number of ketones is 1. The zero-order valence-electron chi connectivity index (χ0n) is 15.9. The topological polar surface area (TPSA) is 72.5 Å². The number of methoxy groups -OCH3 is 1. The van der Waals surface area contributed by atoms with Crippen LogP contribution in [0.15, 0.2) is 59.8 Å². The third-order valence-corrected chi connectivity index (χ3v) is 5.96. The number of allylic oxidation sites excluding steroid dienone is 2. The maximum Gasteiger partial charge on any atom is 0.337 e. The van der Waals surface area contributed by atoms with Gasteiger partial charge in [-0.15, -0.1) is 0 Å². The zero-order valence-corrected chi connectivity index (χ0v) is 16.7. The van der Waals surface area contributed by atoms with Crippen LogP contribution in [-0.4, -0.2) is 24.8 Å². The minimum Gasteiger partial charge on any atom is -0.465 e. The van der Waals surface area contributed by atoms with E-state index in [-0.39, 0.29) is 29.9 Å². The number of Topliss-reactive ketones (excluding diaryl/α,β-unsaturated/α-hetero) is 1. The summed E-state index contributed by atoms with van der Waals surface area (Å²) in [6.07, 6.45) is 1.13. The molecular weight excluding hydrogens is 390 g/mol. The van der Waals surface area contributed by atoms with E-state index in [1.54, 1.807) is 24.3 Å². The van der Waals surface area contributed by atoms with Gasteiger partial charge in [-0.3, -0.25) is 9.59 Å². The molecule has 1 aliphatic heterocycles.